The van der Waals surface area contributed by atoms with Crippen molar-refractivity contribution in [1.82, 2.24) is 0 Å². The molecule has 2 fully saturated rings. The molecule has 2 nitrogen and oxygen atoms in total. The summed E-state index contributed by atoms with van der Waals surface area (Å²) in [5, 5.41) is 0. The molecule has 0 atom stereocenters. The summed E-state index contributed by atoms with van der Waals surface area (Å²) >= 11 is 0. The van der Waals surface area contributed by atoms with E-state index in [9.17, 15) is 0 Å². The molecule has 2 saturated carbocycles. The maximum absolute atomic E-state index is 8.78. The van der Waals surface area contributed by atoms with Gasteiger partial charge in [-0.1, -0.05) is 12.8 Å². The zero-order chi connectivity index (χ0) is 7.73. The van der Waals surface area contributed by atoms with Crippen LogP contribution in [0.4, 0.5) is 0 Å². The highest BCUT2D eigenvalue weighted by molar-refractivity contribution is 5.87. The van der Waals surface area contributed by atoms with E-state index in [4.69, 9.17) is 5.53 Å². The molecule has 2 aliphatic carbocycles. The van der Waals surface area contributed by atoms with Crippen molar-refractivity contribution in [2.24, 2.45) is 5.41 Å². The molecule has 2 rings (SSSR count). The Hall–Kier alpha value is -0.620. The molecule has 0 aromatic rings. The van der Waals surface area contributed by atoms with Crippen LogP contribution in [0.15, 0.2) is 0 Å². The second-order valence-electron chi connectivity index (χ2n) is 3.89. The van der Waals surface area contributed by atoms with Gasteiger partial charge in [0.25, 0.3) is 5.71 Å². The molecule has 1 spiro atoms. The molecule has 0 saturated heterocycles. The lowest BCUT2D eigenvalue weighted by Gasteiger charge is -2.15. The lowest BCUT2D eigenvalue weighted by atomic mass is 9.83. The molecule has 60 valence electrons. The summed E-state index contributed by atoms with van der Waals surface area (Å²) in [5.74, 6) is 0. The average Bonchev–Trinajstić information content (AvgIpc) is 2.62. The summed E-state index contributed by atoms with van der Waals surface area (Å²) < 4.78 is 0. The van der Waals surface area contributed by atoms with Crippen molar-refractivity contribution in [3.8, 4) is 0 Å². The standard InChI is InChI=1S/C9H14N2/c10-11-8-4-3-7-9(8)5-1-2-6-9/h1-7H2. The van der Waals surface area contributed by atoms with E-state index >= 15 is 0 Å². The van der Waals surface area contributed by atoms with E-state index in [1.54, 1.807) is 0 Å². The van der Waals surface area contributed by atoms with E-state index in [2.05, 4.69) is 4.79 Å². The molecular weight excluding hydrogens is 136 g/mol. The van der Waals surface area contributed by atoms with Crippen LogP contribution in [0.3, 0.4) is 0 Å². The molecule has 2 aliphatic rings. The minimum Gasteiger partial charge on any atom is -0.362 e. The predicted molar refractivity (Wildman–Crippen MR) is 43.4 cm³/mol. The van der Waals surface area contributed by atoms with Crippen molar-refractivity contribution in [2.75, 3.05) is 0 Å². The summed E-state index contributed by atoms with van der Waals surface area (Å²) in [6, 6.07) is 0. The highest BCUT2D eigenvalue weighted by Gasteiger charge is 2.47. The normalized spacial score (nSPS) is 27.8. The smallest absolute Gasteiger partial charge is 0.274 e. The minimum atomic E-state index is 0.356. The maximum atomic E-state index is 8.78. The Morgan fingerprint density at radius 2 is 1.73 bits per heavy atom. The first kappa shape index (κ1) is 7.05. The lowest BCUT2D eigenvalue weighted by Crippen LogP contribution is -2.22. The van der Waals surface area contributed by atoms with Crippen molar-refractivity contribution in [3.63, 3.8) is 0 Å². The molecule has 0 heterocycles. The van der Waals surface area contributed by atoms with E-state index in [-0.39, 0.29) is 0 Å². The molecule has 11 heavy (non-hydrogen) atoms. The van der Waals surface area contributed by atoms with Gasteiger partial charge in [0.05, 0.1) is 5.41 Å². The Morgan fingerprint density at radius 1 is 1.09 bits per heavy atom. The van der Waals surface area contributed by atoms with Crippen LogP contribution in [-0.4, -0.2) is 10.5 Å². The van der Waals surface area contributed by atoms with Gasteiger partial charge in [-0.15, -0.1) is 0 Å². The Bertz CT molecular complexity index is 202. The van der Waals surface area contributed by atoms with Crippen LogP contribution >= 0.6 is 0 Å². The third-order valence-corrected chi connectivity index (χ3v) is 3.36. The number of rotatable bonds is 0. The van der Waals surface area contributed by atoms with Crippen LogP contribution < -0.4 is 0 Å². The van der Waals surface area contributed by atoms with E-state index in [0.29, 0.717) is 5.41 Å². The van der Waals surface area contributed by atoms with Crippen LogP contribution in [0.25, 0.3) is 5.53 Å². The van der Waals surface area contributed by atoms with Crippen LogP contribution in [0, 0.1) is 5.41 Å². The largest absolute Gasteiger partial charge is 0.362 e. The van der Waals surface area contributed by atoms with Crippen LogP contribution in [-0.2, 0) is 0 Å². The number of hydrogen-bond donors (Lipinski definition) is 0. The maximum Gasteiger partial charge on any atom is 0.274 e. The number of hydrogen-bond acceptors (Lipinski definition) is 0. The quantitative estimate of drug-likeness (QED) is 0.375. The van der Waals surface area contributed by atoms with Crippen LogP contribution in [0.5, 0.6) is 0 Å². The first-order valence-electron chi connectivity index (χ1n) is 4.59. The highest BCUT2D eigenvalue weighted by Crippen LogP contribution is 2.47. The van der Waals surface area contributed by atoms with E-state index in [1.807, 2.05) is 0 Å². The van der Waals surface area contributed by atoms with Crippen LogP contribution in [0.2, 0.25) is 0 Å². The third-order valence-electron chi connectivity index (χ3n) is 3.36. The van der Waals surface area contributed by atoms with Gasteiger partial charge in [0.1, 0.15) is 0 Å². The van der Waals surface area contributed by atoms with Crippen molar-refractivity contribution in [1.29, 1.82) is 0 Å². The molecule has 0 aromatic carbocycles. The van der Waals surface area contributed by atoms with Gasteiger partial charge in [0.2, 0.25) is 0 Å². The molecular formula is C9H14N2. The summed E-state index contributed by atoms with van der Waals surface area (Å²) in [6.07, 6.45) is 8.75. The van der Waals surface area contributed by atoms with Crippen molar-refractivity contribution >= 4 is 5.71 Å². The fourth-order valence-corrected chi connectivity index (χ4v) is 2.75. The van der Waals surface area contributed by atoms with E-state index < -0.39 is 0 Å². The molecule has 0 aliphatic heterocycles. The molecule has 0 N–H and O–H groups in total. The van der Waals surface area contributed by atoms with Gasteiger partial charge in [-0.3, -0.25) is 0 Å². The highest BCUT2D eigenvalue weighted by atomic mass is 14.9. The Kier molecular flexibility index (Phi) is 1.57. The Balaban J connectivity index is 2.29. The van der Waals surface area contributed by atoms with Crippen molar-refractivity contribution in [2.45, 2.75) is 44.9 Å². The van der Waals surface area contributed by atoms with Gasteiger partial charge in [0.15, 0.2) is 0 Å². The number of nitrogens with zero attached hydrogens (tertiary/aromatic N) is 2. The summed E-state index contributed by atoms with van der Waals surface area (Å²) in [4.78, 5) is 3.44. The van der Waals surface area contributed by atoms with Crippen LogP contribution in [0.1, 0.15) is 44.9 Å². The summed E-state index contributed by atoms with van der Waals surface area (Å²) in [5.41, 5.74) is 10.2. The van der Waals surface area contributed by atoms with Crippen molar-refractivity contribution in [3.05, 3.63) is 5.53 Å². The SMILES string of the molecule is [N-]=[N+]=C1CCCC12CCCC2. The predicted octanol–water partition coefficient (Wildman–Crippen LogP) is 2.40. The van der Waals surface area contributed by atoms with Gasteiger partial charge in [0, 0.05) is 6.42 Å². The topological polar surface area (TPSA) is 36.4 Å². The molecule has 2 heteroatoms. The van der Waals surface area contributed by atoms with E-state index in [1.165, 1.54) is 38.5 Å². The molecule has 0 radical (unpaired) electrons. The summed E-state index contributed by atoms with van der Waals surface area (Å²) in [7, 11) is 0. The third kappa shape index (κ3) is 0.935. The molecule has 0 unspecified atom stereocenters. The zero-order valence-electron chi connectivity index (χ0n) is 6.84. The average molecular weight is 150 g/mol. The monoisotopic (exact) mass is 150 g/mol. The van der Waals surface area contributed by atoms with Gasteiger partial charge in [-0.2, -0.15) is 4.79 Å². The van der Waals surface area contributed by atoms with Gasteiger partial charge in [-0.05, 0) is 25.7 Å². The van der Waals surface area contributed by atoms with Gasteiger partial charge in [-0.25, -0.2) is 0 Å². The fraction of sp³-hybridized carbons (Fsp3) is 0.889. The van der Waals surface area contributed by atoms with Crippen molar-refractivity contribution < 1.29 is 4.79 Å². The lowest BCUT2D eigenvalue weighted by molar-refractivity contribution is -0.0200. The van der Waals surface area contributed by atoms with Gasteiger partial charge >= 0.3 is 0 Å². The Labute approximate surface area is 67.2 Å². The zero-order valence-corrected chi connectivity index (χ0v) is 6.84. The first-order chi connectivity index (χ1) is 5.37. The summed E-state index contributed by atoms with van der Waals surface area (Å²) in [6.45, 7) is 0. The molecule has 0 amide bonds. The van der Waals surface area contributed by atoms with Gasteiger partial charge < -0.3 is 5.53 Å². The first-order valence-corrected chi connectivity index (χ1v) is 4.59. The fourth-order valence-electron chi connectivity index (χ4n) is 2.75. The minimum absolute atomic E-state index is 0.356. The second-order valence-corrected chi connectivity index (χ2v) is 3.89. The molecule has 0 aromatic heterocycles. The second kappa shape index (κ2) is 2.46. The van der Waals surface area contributed by atoms with E-state index in [0.717, 1.165) is 12.1 Å². The molecule has 0 bridgehead atoms. The Morgan fingerprint density at radius 3 is 2.36 bits per heavy atom.